The second-order valence-electron chi connectivity index (χ2n) is 10.2. The van der Waals surface area contributed by atoms with Crippen molar-refractivity contribution in [3.63, 3.8) is 0 Å². The van der Waals surface area contributed by atoms with Crippen LogP contribution in [0.3, 0.4) is 0 Å². The van der Waals surface area contributed by atoms with E-state index in [1.807, 2.05) is 62.3 Å². The Labute approximate surface area is 163 Å². The average molecular weight is 375 g/mol. The fourth-order valence-corrected chi connectivity index (χ4v) is 2.03. The van der Waals surface area contributed by atoms with Gasteiger partial charge in [-0.2, -0.15) is 0 Å². The maximum atomic E-state index is 12.4. The number of carbonyl (C=O) groups excluding carboxylic acids is 3. The predicted molar refractivity (Wildman–Crippen MR) is 111 cm³/mol. The summed E-state index contributed by atoms with van der Waals surface area (Å²) in [6, 6.07) is 5.30. The van der Waals surface area contributed by atoms with Gasteiger partial charge in [-0.15, -0.1) is 0 Å². The van der Waals surface area contributed by atoms with Crippen LogP contribution in [0.5, 0.6) is 0 Å². The molecular formula is C22H34N2O3. The minimum atomic E-state index is -0.550. The third-order valence-corrected chi connectivity index (χ3v) is 4.07. The second kappa shape index (κ2) is 7.83. The molecule has 27 heavy (non-hydrogen) atoms. The Hall–Kier alpha value is -2.17. The molecule has 0 radical (unpaired) electrons. The third kappa shape index (κ3) is 7.16. The maximum absolute atomic E-state index is 12.4. The van der Waals surface area contributed by atoms with Crippen LogP contribution >= 0.6 is 0 Å². The highest BCUT2D eigenvalue weighted by Crippen LogP contribution is 2.26. The lowest BCUT2D eigenvalue weighted by Gasteiger charge is -2.21. The van der Waals surface area contributed by atoms with Gasteiger partial charge in [-0.05, 0) is 23.8 Å². The molecule has 0 aliphatic carbocycles. The Morgan fingerprint density at radius 2 is 1.04 bits per heavy atom. The molecule has 0 aliphatic heterocycles. The Balaban J connectivity index is 3.24. The molecule has 0 saturated carbocycles. The molecule has 150 valence electrons. The van der Waals surface area contributed by atoms with Gasteiger partial charge in [0.25, 0.3) is 0 Å². The van der Waals surface area contributed by atoms with Crippen molar-refractivity contribution in [1.82, 2.24) is 0 Å². The molecule has 0 spiro atoms. The molecular weight excluding hydrogens is 340 g/mol. The minimum Gasteiger partial charge on any atom is -0.326 e. The molecule has 0 atom stereocenters. The molecule has 1 aromatic carbocycles. The highest BCUT2D eigenvalue weighted by molar-refractivity contribution is 5.98. The van der Waals surface area contributed by atoms with Crippen molar-refractivity contribution < 1.29 is 14.4 Å². The molecule has 2 amide bonds. The molecule has 5 heteroatoms. The van der Waals surface area contributed by atoms with Crippen molar-refractivity contribution in [2.45, 2.75) is 68.7 Å². The Kier molecular flexibility index (Phi) is 6.63. The summed E-state index contributed by atoms with van der Waals surface area (Å²) in [5, 5.41) is 5.77. The molecule has 0 bridgehead atoms. The topological polar surface area (TPSA) is 75.3 Å². The third-order valence-electron chi connectivity index (χ3n) is 4.07. The van der Waals surface area contributed by atoms with E-state index in [0.717, 1.165) is 5.56 Å². The van der Waals surface area contributed by atoms with Crippen LogP contribution in [0.1, 0.15) is 67.9 Å². The zero-order valence-corrected chi connectivity index (χ0v) is 18.2. The van der Waals surface area contributed by atoms with E-state index in [-0.39, 0.29) is 24.0 Å². The normalized spacial score (nSPS) is 12.5. The van der Waals surface area contributed by atoms with Crippen molar-refractivity contribution in [3.05, 3.63) is 23.8 Å². The van der Waals surface area contributed by atoms with Crippen molar-refractivity contribution in [3.8, 4) is 0 Å². The quantitative estimate of drug-likeness (QED) is 0.794. The fraction of sp³-hybridized carbons (Fsp3) is 0.591. The molecule has 2 N–H and O–H groups in total. The summed E-state index contributed by atoms with van der Waals surface area (Å²) >= 11 is 0. The number of rotatable bonds is 4. The zero-order chi connectivity index (χ0) is 21.2. The van der Waals surface area contributed by atoms with Gasteiger partial charge in [0.2, 0.25) is 11.8 Å². The standard InChI is InChI=1S/C22H34N2O3/c1-20(2,3)17(25)12-14-10-15(23-18(26)21(4,5)6)13-16(11-14)24-19(27)22(7,8)9/h10-11,13H,12H2,1-9H3,(H,23,26)(H,24,27). The molecule has 0 saturated heterocycles. The van der Waals surface area contributed by atoms with Crippen LogP contribution in [-0.2, 0) is 20.8 Å². The van der Waals surface area contributed by atoms with E-state index in [1.165, 1.54) is 0 Å². The van der Waals surface area contributed by atoms with Gasteiger partial charge in [0.1, 0.15) is 5.78 Å². The lowest BCUT2D eigenvalue weighted by atomic mass is 9.87. The van der Waals surface area contributed by atoms with Gasteiger partial charge >= 0.3 is 0 Å². The summed E-state index contributed by atoms with van der Waals surface area (Å²) in [6.45, 7) is 16.6. The van der Waals surface area contributed by atoms with Gasteiger partial charge in [-0.3, -0.25) is 14.4 Å². The lowest BCUT2D eigenvalue weighted by molar-refractivity contribution is -0.125. The SMILES string of the molecule is CC(C)(C)C(=O)Cc1cc(NC(=O)C(C)(C)C)cc(NC(=O)C(C)(C)C)c1. The van der Waals surface area contributed by atoms with E-state index in [2.05, 4.69) is 10.6 Å². The summed E-state index contributed by atoms with van der Waals surface area (Å²) in [5.74, 6) is -0.167. The van der Waals surface area contributed by atoms with E-state index in [4.69, 9.17) is 0 Å². The first-order valence-electron chi connectivity index (χ1n) is 9.30. The van der Waals surface area contributed by atoms with Crippen LogP contribution in [0.25, 0.3) is 0 Å². The van der Waals surface area contributed by atoms with Gasteiger partial charge in [0.15, 0.2) is 0 Å². The number of ketones is 1. The highest BCUT2D eigenvalue weighted by Gasteiger charge is 2.25. The molecule has 5 nitrogen and oxygen atoms in total. The van der Waals surface area contributed by atoms with Crippen molar-refractivity contribution in [2.24, 2.45) is 16.2 Å². The highest BCUT2D eigenvalue weighted by atomic mass is 16.2. The van der Waals surface area contributed by atoms with E-state index >= 15 is 0 Å². The van der Waals surface area contributed by atoms with E-state index in [9.17, 15) is 14.4 Å². The number of amides is 2. The van der Waals surface area contributed by atoms with E-state index in [0.29, 0.717) is 11.4 Å². The monoisotopic (exact) mass is 374 g/mol. The largest absolute Gasteiger partial charge is 0.326 e. The molecule has 0 fully saturated rings. The lowest BCUT2D eigenvalue weighted by Crippen LogP contribution is -2.29. The van der Waals surface area contributed by atoms with Crippen LogP contribution in [-0.4, -0.2) is 17.6 Å². The van der Waals surface area contributed by atoms with Crippen molar-refractivity contribution in [2.75, 3.05) is 10.6 Å². The number of benzene rings is 1. The van der Waals surface area contributed by atoms with E-state index < -0.39 is 16.2 Å². The summed E-state index contributed by atoms with van der Waals surface area (Å²) in [6.07, 6.45) is 0.237. The molecule has 0 unspecified atom stereocenters. The first-order chi connectivity index (χ1) is 12.0. The molecule has 0 aliphatic rings. The Morgan fingerprint density at radius 1 is 0.667 bits per heavy atom. The number of hydrogen-bond acceptors (Lipinski definition) is 3. The molecule has 0 heterocycles. The number of nitrogens with one attached hydrogen (secondary N) is 2. The number of anilines is 2. The van der Waals surface area contributed by atoms with E-state index in [1.54, 1.807) is 18.2 Å². The Morgan fingerprint density at radius 3 is 1.33 bits per heavy atom. The van der Waals surface area contributed by atoms with Crippen LogP contribution in [0.2, 0.25) is 0 Å². The van der Waals surface area contributed by atoms with Crippen molar-refractivity contribution in [1.29, 1.82) is 0 Å². The van der Waals surface area contributed by atoms with Crippen LogP contribution in [0, 0.1) is 16.2 Å². The first-order valence-corrected chi connectivity index (χ1v) is 9.30. The van der Waals surface area contributed by atoms with Gasteiger partial charge in [-0.1, -0.05) is 62.3 Å². The summed E-state index contributed by atoms with van der Waals surface area (Å²) < 4.78 is 0. The molecule has 1 rings (SSSR count). The summed E-state index contributed by atoms with van der Waals surface area (Å²) in [4.78, 5) is 37.2. The number of hydrogen-bond donors (Lipinski definition) is 2. The number of carbonyl (C=O) groups is 3. The minimum absolute atomic E-state index is 0.0925. The van der Waals surface area contributed by atoms with Gasteiger partial charge in [0.05, 0.1) is 0 Å². The van der Waals surface area contributed by atoms with Crippen LogP contribution in [0.15, 0.2) is 18.2 Å². The predicted octanol–water partition coefficient (Wildman–Crippen LogP) is 4.81. The van der Waals surface area contributed by atoms with Crippen molar-refractivity contribution >= 4 is 29.0 Å². The smallest absolute Gasteiger partial charge is 0.229 e. The average Bonchev–Trinajstić information content (AvgIpc) is 2.43. The Bertz CT molecular complexity index is 617. The van der Waals surface area contributed by atoms with Gasteiger partial charge in [-0.25, -0.2) is 0 Å². The number of Topliss-reactive ketones (excluding diaryl/α,β-unsaturated/α-hetero) is 1. The molecule has 1 aromatic rings. The van der Waals surface area contributed by atoms with Crippen LogP contribution in [0.4, 0.5) is 11.4 Å². The maximum Gasteiger partial charge on any atom is 0.229 e. The van der Waals surface area contributed by atoms with Gasteiger partial charge < -0.3 is 10.6 Å². The first kappa shape index (κ1) is 22.9. The zero-order valence-electron chi connectivity index (χ0n) is 18.2. The summed E-state index contributed by atoms with van der Waals surface area (Å²) in [5.41, 5.74) is 0.333. The summed E-state index contributed by atoms with van der Waals surface area (Å²) in [7, 11) is 0. The fourth-order valence-electron chi connectivity index (χ4n) is 2.03. The molecule has 0 aromatic heterocycles. The second-order valence-corrected chi connectivity index (χ2v) is 10.2. The van der Waals surface area contributed by atoms with Gasteiger partial charge in [0, 0.05) is 34.0 Å². The van der Waals surface area contributed by atoms with Crippen LogP contribution < -0.4 is 10.6 Å².